The summed E-state index contributed by atoms with van der Waals surface area (Å²) in [6.45, 7) is 0. The molecule has 1 N–H and O–H groups in total. The van der Waals surface area contributed by atoms with E-state index in [2.05, 4.69) is 20.2 Å². The van der Waals surface area contributed by atoms with Gasteiger partial charge in [0.15, 0.2) is 5.82 Å². The molecule has 2 heterocycles. The number of pyridine rings is 1. The van der Waals surface area contributed by atoms with E-state index < -0.39 is 0 Å². The van der Waals surface area contributed by atoms with Crippen LogP contribution in [0.5, 0.6) is 0 Å². The molecule has 0 fully saturated rings. The van der Waals surface area contributed by atoms with Gasteiger partial charge in [0.25, 0.3) is 0 Å². The molecule has 0 saturated carbocycles. The van der Waals surface area contributed by atoms with Crippen LogP contribution in [-0.4, -0.2) is 33.2 Å². The Morgan fingerprint density at radius 3 is 2.96 bits per heavy atom. The normalized spacial score (nSPS) is 10.5. The second kappa shape index (κ2) is 7.74. The van der Waals surface area contributed by atoms with E-state index in [1.54, 1.807) is 6.20 Å². The number of H-pyrrole nitrogens is 1. The van der Waals surface area contributed by atoms with Gasteiger partial charge in [0.1, 0.15) is 0 Å². The standard InChI is InChI=1S/C17H16N4O2S/c1-23-15(22)10-12-5-4-6-13(9-12)16-19-17(21-20-16)24-11-14-7-2-3-8-18-14/h2-9H,10-11H2,1H3,(H,19,20,21). The molecule has 0 bridgehead atoms. The number of hydrogen-bond donors (Lipinski definition) is 1. The molecule has 0 spiro atoms. The number of aromatic nitrogens is 4. The van der Waals surface area contributed by atoms with Gasteiger partial charge in [-0.3, -0.25) is 14.9 Å². The van der Waals surface area contributed by atoms with Crippen LogP contribution in [0.1, 0.15) is 11.3 Å². The van der Waals surface area contributed by atoms with Crippen LogP contribution in [0.25, 0.3) is 11.4 Å². The second-order valence-electron chi connectivity index (χ2n) is 5.03. The molecule has 0 saturated heterocycles. The highest BCUT2D eigenvalue weighted by Gasteiger charge is 2.09. The molecule has 0 atom stereocenters. The first kappa shape index (κ1) is 16.2. The fourth-order valence-electron chi connectivity index (χ4n) is 2.13. The lowest BCUT2D eigenvalue weighted by atomic mass is 10.1. The Hall–Kier alpha value is -2.67. The van der Waals surface area contributed by atoms with Crippen LogP contribution in [0.4, 0.5) is 0 Å². The summed E-state index contributed by atoms with van der Waals surface area (Å²) in [6, 6.07) is 13.4. The second-order valence-corrected chi connectivity index (χ2v) is 5.97. The molecular formula is C17H16N4O2S. The number of benzene rings is 1. The van der Waals surface area contributed by atoms with Crippen molar-refractivity contribution in [1.82, 2.24) is 20.2 Å². The first-order chi connectivity index (χ1) is 11.7. The summed E-state index contributed by atoms with van der Waals surface area (Å²) in [5, 5.41) is 7.82. The van der Waals surface area contributed by atoms with E-state index in [-0.39, 0.29) is 12.4 Å². The van der Waals surface area contributed by atoms with Gasteiger partial charge >= 0.3 is 5.97 Å². The van der Waals surface area contributed by atoms with Crippen molar-refractivity contribution < 1.29 is 9.53 Å². The van der Waals surface area contributed by atoms with E-state index in [4.69, 9.17) is 4.74 Å². The van der Waals surface area contributed by atoms with Crippen molar-refractivity contribution >= 4 is 17.7 Å². The lowest BCUT2D eigenvalue weighted by Gasteiger charge is -2.02. The van der Waals surface area contributed by atoms with Crippen LogP contribution in [0.3, 0.4) is 0 Å². The van der Waals surface area contributed by atoms with Gasteiger partial charge in [0.05, 0.1) is 19.2 Å². The summed E-state index contributed by atoms with van der Waals surface area (Å²) < 4.78 is 4.69. The zero-order valence-corrected chi connectivity index (χ0v) is 13.9. The van der Waals surface area contributed by atoms with Crippen molar-refractivity contribution in [2.24, 2.45) is 0 Å². The smallest absolute Gasteiger partial charge is 0.309 e. The van der Waals surface area contributed by atoms with E-state index in [0.29, 0.717) is 16.7 Å². The Kier molecular flexibility index (Phi) is 5.22. The van der Waals surface area contributed by atoms with E-state index in [0.717, 1.165) is 16.8 Å². The molecule has 0 aliphatic carbocycles. The quantitative estimate of drug-likeness (QED) is 0.549. The Labute approximate surface area is 143 Å². The highest BCUT2D eigenvalue weighted by molar-refractivity contribution is 7.98. The maximum Gasteiger partial charge on any atom is 0.309 e. The van der Waals surface area contributed by atoms with Crippen LogP contribution in [-0.2, 0) is 21.7 Å². The summed E-state index contributed by atoms with van der Waals surface area (Å²) in [5.41, 5.74) is 2.74. The minimum absolute atomic E-state index is 0.236. The maximum absolute atomic E-state index is 11.4. The number of carbonyl (C=O) groups is 1. The van der Waals surface area contributed by atoms with Crippen molar-refractivity contribution in [2.75, 3.05) is 7.11 Å². The van der Waals surface area contributed by atoms with Crippen molar-refractivity contribution in [3.8, 4) is 11.4 Å². The number of rotatable bonds is 6. The van der Waals surface area contributed by atoms with Crippen molar-refractivity contribution in [1.29, 1.82) is 0 Å². The van der Waals surface area contributed by atoms with Crippen molar-refractivity contribution in [3.63, 3.8) is 0 Å². The van der Waals surface area contributed by atoms with Gasteiger partial charge in [-0.1, -0.05) is 36.0 Å². The third kappa shape index (κ3) is 4.20. The molecule has 0 aliphatic rings. The first-order valence-electron chi connectivity index (χ1n) is 7.36. The van der Waals surface area contributed by atoms with Crippen molar-refractivity contribution in [2.45, 2.75) is 17.3 Å². The summed E-state index contributed by atoms with van der Waals surface area (Å²) in [5.74, 6) is 1.11. The molecule has 2 aromatic heterocycles. The molecule has 0 amide bonds. The third-order valence-corrected chi connectivity index (χ3v) is 4.20. The van der Waals surface area contributed by atoms with Crippen LogP contribution in [0.15, 0.2) is 53.8 Å². The van der Waals surface area contributed by atoms with Crippen LogP contribution in [0.2, 0.25) is 0 Å². The molecule has 3 rings (SSSR count). The number of nitrogens with one attached hydrogen (secondary N) is 1. The predicted octanol–water partition coefficient (Wildman–Crippen LogP) is 2.87. The van der Waals surface area contributed by atoms with Gasteiger partial charge in [0, 0.05) is 17.5 Å². The minimum atomic E-state index is -0.267. The maximum atomic E-state index is 11.4. The summed E-state index contributed by atoms with van der Waals surface area (Å²) in [7, 11) is 1.38. The third-order valence-electron chi connectivity index (χ3n) is 3.32. The van der Waals surface area contributed by atoms with Gasteiger partial charge in [-0.25, -0.2) is 4.98 Å². The molecule has 0 aliphatic heterocycles. The number of thioether (sulfide) groups is 1. The number of ether oxygens (including phenoxy) is 1. The van der Waals surface area contributed by atoms with Crippen LogP contribution < -0.4 is 0 Å². The average Bonchev–Trinajstić information content (AvgIpc) is 3.10. The molecule has 24 heavy (non-hydrogen) atoms. The fourth-order valence-corrected chi connectivity index (χ4v) is 2.84. The zero-order valence-electron chi connectivity index (χ0n) is 13.1. The fraction of sp³-hybridized carbons (Fsp3) is 0.176. The monoisotopic (exact) mass is 340 g/mol. The topological polar surface area (TPSA) is 80.8 Å². The Morgan fingerprint density at radius 2 is 2.17 bits per heavy atom. The number of methoxy groups -OCH3 is 1. The van der Waals surface area contributed by atoms with Crippen LogP contribution in [0, 0.1) is 0 Å². The number of carbonyl (C=O) groups excluding carboxylic acids is 1. The Morgan fingerprint density at radius 1 is 1.25 bits per heavy atom. The lowest BCUT2D eigenvalue weighted by molar-refractivity contribution is -0.139. The van der Waals surface area contributed by atoms with Gasteiger partial charge in [-0.2, -0.15) is 0 Å². The minimum Gasteiger partial charge on any atom is -0.469 e. The largest absolute Gasteiger partial charge is 0.469 e. The van der Waals surface area contributed by atoms with Crippen LogP contribution >= 0.6 is 11.8 Å². The van der Waals surface area contributed by atoms with Gasteiger partial charge in [0.2, 0.25) is 5.16 Å². The van der Waals surface area contributed by atoms with Crippen molar-refractivity contribution in [3.05, 3.63) is 59.9 Å². The SMILES string of the molecule is COC(=O)Cc1cccc(-c2nc(SCc3ccccn3)n[nH]2)c1. The highest BCUT2D eigenvalue weighted by atomic mass is 32.2. The molecule has 1 aromatic carbocycles. The average molecular weight is 340 g/mol. The Balaban J connectivity index is 1.69. The van der Waals surface area contributed by atoms with Gasteiger partial charge < -0.3 is 4.74 Å². The Bertz CT molecular complexity index is 820. The molecule has 6 nitrogen and oxygen atoms in total. The van der Waals surface area contributed by atoms with Gasteiger partial charge in [-0.15, -0.1) is 5.10 Å². The molecular weight excluding hydrogens is 324 g/mol. The van der Waals surface area contributed by atoms with Gasteiger partial charge in [-0.05, 0) is 23.8 Å². The molecule has 0 radical (unpaired) electrons. The van der Waals surface area contributed by atoms with E-state index in [9.17, 15) is 4.79 Å². The number of nitrogens with zero attached hydrogens (tertiary/aromatic N) is 3. The number of esters is 1. The molecule has 3 aromatic rings. The first-order valence-corrected chi connectivity index (χ1v) is 8.34. The highest BCUT2D eigenvalue weighted by Crippen LogP contribution is 2.22. The molecule has 122 valence electrons. The summed E-state index contributed by atoms with van der Waals surface area (Å²) >= 11 is 1.52. The number of aromatic amines is 1. The lowest BCUT2D eigenvalue weighted by Crippen LogP contribution is -2.04. The van der Waals surface area contributed by atoms with E-state index in [1.807, 2.05) is 42.5 Å². The van der Waals surface area contributed by atoms with E-state index in [1.165, 1.54) is 18.9 Å². The molecule has 7 heteroatoms. The number of hydrogen-bond acceptors (Lipinski definition) is 6. The summed E-state index contributed by atoms with van der Waals surface area (Å²) in [4.78, 5) is 20.1. The summed E-state index contributed by atoms with van der Waals surface area (Å²) in [6.07, 6.45) is 2.01. The zero-order chi connectivity index (χ0) is 16.8. The molecule has 0 unspecified atom stereocenters. The predicted molar refractivity (Wildman–Crippen MR) is 91.3 cm³/mol. The van der Waals surface area contributed by atoms with E-state index >= 15 is 0 Å².